The van der Waals surface area contributed by atoms with Gasteiger partial charge >= 0.3 is 0 Å². The molecule has 32 heavy (non-hydrogen) atoms. The van der Waals surface area contributed by atoms with Crippen molar-refractivity contribution < 1.29 is 4.79 Å². The van der Waals surface area contributed by atoms with Gasteiger partial charge in [0, 0.05) is 54.7 Å². The van der Waals surface area contributed by atoms with E-state index in [4.69, 9.17) is 0 Å². The lowest BCUT2D eigenvalue weighted by atomic mass is 10.1. The third-order valence-corrected chi connectivity index (χ3v) is 5.75. The Morgan fingerprint density at radius 1 is 1.12 bits per heavy atom. The van der Waals surface area contributed by atoms with Crippen LogP contribution < -0.4 is 5.32 Å². The number of hydrogen-bond acceptors (Lipinski definition) is 7. The zero-order valence-electron chi connectivity index (χ0n) is 19.1. The number of rotatable bonds is 5. The van der Waals surface area contributed by atoms with Gasteiger partial charge in [-0.1, -0.05) is 0 Å². The standard InChI is InChI=1S/C23H28N8O/c1-14-13-15(2)27-23(26-14)28-22-21(24-10-11-25-22)19-7-6-12-31(19)20(32)9-8-18-16(3)29-30(5)17(18)4/h8-11,13,19H,6-7,12H2,1-5H3,(H,25,26,27,28). The normalized spacial score (nSPS) is 16.2. The first-order valence-corrected chi connectivity index (χ1v) is 10.7. The van der Waals surface area contributed by atoms with Crippen molar-refractivity contribution >= 4 is 23.7 Å². The number of carbonyl (C=O) groups is 1. The van der Waals surface area contributed by atoms with E-state index in [2.05, 4.69) is 30.4 Å². The Hall–Kier alpha value is -3.62. The highest BCUT2D eigenvalue weighted by atomic mass is 16.2. The van der Waals surface area contributed by atoms with Gasteiger partial charge in [0.1, 0.15) is 5.69 Å². The summed E-state index contributed by atoms with van der Waals surface area (Å²) in [6.45, 7) is 8.46. The van der Waals surface area contributed by atoms with Crippen molar-refractivity contribution in [1.82, 2.24) is 34.6 Å². The fraction of sp³-hybridized carbons (Fsp3) is 0.391. The minimum Gasteiger partial charge on any atom is -0.330 e. The summed E-state index contributed by atoms with van der Waals surface area (Å²) in [7, 11) is 1.90. The third-order valence-electron chi connectivity index (χ3n) is 5.75. The van der Waals surface area contributed by atoms with Crippen LogP contribution in [-0.4, -0.2) is 47.1 Å². The zero-order chi connectivity index (χ0) is 22.8. The topological polar surface area (TPSA) is 102 Å². The fourth-order valence-corrected chi connectivity index (χ4v) is 4.17. The summed E-state index contributed by atoms with van der Waals surface area (Å²) in [5.74, 6) is 1.00. The number of nitrogens with one attached hydrogen (secondary N) is 1. The van der Waals surface area contributed by atoms with Crippen LogP contribution in [-0.2, 0) is 11.8 Å². The first-order valence-electron chi connectivity index (χ1n) is 10.7. The van der Waals surface area contributed by atoms with Crippen LogP contribution in [0.2, 0.25) is 0 Å². The molecule has 3 aromatic rings. The van der Waals surface area contributed by atoms with Crippen LogP contribution in [0.25, 0.3) is 6.08 Å². The quantitative estimate of drug-likeness (QED) is 0.617. The molecule has 0 radical (unpaired) electrons. The lowest BCUT2D eigenvalue weighted by Crippen LogP contribution is -2.30. The molecule has 1 saturated heterocycles. The summed E-state index contributed by atoms with van der Waals surface area (Å²) in [6.07, 6.45) is 8.50. The van der Waals surface area contributed by atoms with Gasteiger partial charge in [0.15, 0.2) is 5.82 Å². The van der Waals surface area contributed by atoms with Crippen molar-refractivity contribution in [2.24, 2.45) is 7.05 Å². The molecule has 1 aliphatic heterocycles. The largest absolute Gasteiger partial charge is 0.330 e. The van der Waals surface area contributed by atoms with E-state index in [1.807, 2.05) is 56.5 Å². The van der Waals surface area contributed by atoms with Crippen LogP contribution in [0.5, 0.6) is 0 Å². The summed E-state index contributed by atoms with van der Waals surface area (Å²) in [5, 5.41) is 7.62. The Morgan fingerprint density at radius 3 is 2.53 bits per heavy atom. The molecule has 3 aromatic heterocycles. The highest BCUT2D eigenvalue weighted by Gasteiger charge is 2.32. The van der Waals surface area contributed by atoms with Gasteiger partial charge in [0.2, 0.25) is 11.9 Å². The molecule has 1 amide bonds. The Labute approximate surface area is 187 Å². The Kier molecular flexibility index (Phi) is 5.98. The van der Waals surface area contributed by atoms with E-state index in [9.17, 15) is 4.79 Å². The van der Waals surface area contributed by atoms with Crippen molar-refractivity contribution in [3.8, 4) is 0 Å². The number of likely N-dealkylation sites (tertiary alicyclic amines) is 1. The Bertz CT molecular complexity index is 1160. The van der Waals surface area contributed by atoms with Crippen molar-refractivity contribution in [2.75, 3.05) is 11.9 Å². The molecule has 0 spiro atoms. The van der Waals surface area contributed by atoms with E-state index in [-0.39, 0.29) is 11.9 Å². The van der Waals surface area contributed by atoms with Gasteiger partial charge in [-0.2, -0.15) is 5.10 Å². The fourth-order valence-electron chi connectivity index (χ4n) is 4.17. The molecule has 0 saturated carbocycles. The first-order chi connectivity index (χ1) is 15.3. The monoisotopic (exact) mass is 432 g/mol. The molecule has 1 N–H and O–H groups in total. The number of anilines is 2. The van der Waals surface area contributed by atoms with Crippen LogP contribution in [0.4, 0.5) is 11.8 Å². The summed E-state index contributed by atoms with van der Waals surface area (Å²) >= 11 is 0. The molecule has 1 unspecified atom stereocenters. The van der Waals surface area contributed by atoms with Crippen molar-refractivity contribution in [3.05, 3.63) is 58.6 Å². The van der Waals surface area contributed by atoms with E-state index in [0.29, 0.717) is 18.3 Å². The predicted octanol–water partition coefficient (Wildman–Crippen LogP) is 3.35. The predicted molar refractivity (Wildman–Crippen MR) is 122 cm³/mol. The molecular weight excluding hydrogens is 404 g/mol. The van der Waals surface area contributed by atoms with Gasteiger partial charge in [0.05, 0.1) is 11.7 Å². The van der Waals surface area contributed by atoms with Gasteiger partial charge in [-0.05, 0) is 52.7 Å². The number of hydrogen-bond donors (Lipinski definition) is 1. The van der Waals surface area contributed by atoms with Crippen molar-refractivity contribution in [1.29, 1.82) is 0 Å². The van der Waals surface area contributed by atoms with Gasteiger partial charge < -0.3 is 10.2 Å². The molecule has 9 nitrogen and oxygen atoms in total. The summed E-state index contributed by atoms with van der Waals surface area (Å²) in [6, 6.07) is 1.75. The van der Waals surface area contributed by atoms with Crippen LogP contribution in [0.3, 0.4) is 0 Å². The maximum absolute atomic E-state index is 13.1. The second-order valence-electron chi connectivity index (χ2n) is 8.12. The maximum atomic E-state index is 13.1. The lowest BCUT2D eigenvalue weighted by Gasteiger charge is -2.24. The highest BCUT2D eigenvalue weighted by Crippen LogP contribution is 2.34. The van der Waals surface area contributed by atoms with Gasteiger partial charge in [-0.3, -0.25) is 14.5 Å². The minimum atomic E-state index is -0.162. The van der Waals surface area contributed by atoms with Crippen LogP contribution >= 0.6 is 0 Å². The lowest BCUT2D eigenvalue weighted by molar-refractivity contribution is -0.126. The van der Waals surface area contributed by atoms with E-state index < -0.39 is 0 Å². The Morgan fingerprint density at radius 2 is 1.84 bits per heavy atom. The SMILES string of the molecule is Cc1cc(C)nc(Nc2nccnc2C2CCCN2C(=O)C=Cc2c(C)nn(C)c2C)n1. The summed E-state index contributed by atoms with van der Waals surface area (Å²) < 4.78 is 1.82. The molecule has 0 aliphatic carbocycles. The number of carbonyl (C=O) groups excluding carboxylic acids is 1. The van der Waals surface area contributed by atoms with Crippen LogP contribution in [0, 0.1) is 27.7 Å². The smallest absolute Gasteiger partial charge is 0.247 e. The summed E-state index contributed by atoms with van der Waals surface area (Å²) in [5.41, 5.74) is 5.37. The maximum Gasteiger partial charge on any atom is 0.247 e. The molecule has 4 heterocycles. The molecule has 1 fully saturated rings. The average Bonchev–Trinajstić information content (AvgIpc) is 3.31. The zero-order valence-corrected chi connectivity index (χ0v) is 19.1. The number of aryl methyl sites for hydroxylation is 4. The number of nitrogens with zero attached hydrogens (tertiary/aromatic N) is 7. The molecule has 4 rings (SSSR count). The Balaban J connectivity index is 1.58. The number of amides is 1. The second-order valence-corrected chi connectivity index (χ2v) is 8.12. The molecule has 0 bridgehead atoms. The van der Waals surface area contributed by atoms with E-state index in [1.165, 1.54) is 0 Å². The van der Waals surface area contributed by atoms with Crippen molar-refractivity contribution in [3.63, 3.8) is 0 Å². The first kappa shape index (κ1) is 21.6. The number of aromatic nitrogens is 6. The van der Waals surface area contributed by atoms with E-state index >= 15 is 0 Å². The van der Waals surface area contributed by atoms with E-state index in [0.717, 1.165) is 46.9 Å². The molecular formula is C23H28N8O. The minimum absolute atomic E-state index is 0.0468. The van der Waals surface area contributed by atoms with Gasteiger partial charge in [-0.25, -0.2) is 15.0 Å². The highest BCUT2D eigenvalue weighted by molar-refractivity contribution is 5.92. The van der Waals surface area contributed by atoms with Crippen LogP contribution in [0.15, 0.2) is 24.5 Å². The molecule has 0 aromatic carbocycles. The molecule has 166 valence electrons. The van der Waals surface area contributed by atoms with Gasteiger partial charge in [-0.15, -0.1) is 0 Å². The average molecular weight is 433 g/mol. The third kappa shape index (κ3) is 4.37. The van der Waals surface area contributed by atoms with Crippen LogP contribution in [0.1, 0.15) is 52.9 Å². The van der Waals surface area contributed by atoms with E-state index in [1.54, 1.807) is 18.5 Å². The molecule has 1 aliphatic rings. The molecule has 9 heteroatoms. The molecule has 1 atom stereocenters. The summed E-state index contributed by atoms with van der Waals surface area (Å²) in [4.78, 5) is 32.9. The second kappa shape index (κ2) is 8.86. The van der Waals surface area contributed by atoms with Crippen molar-refractivity contribution in [2.45, 2.75) is 46.6 Å². The van der Waals surface area contributed by atoms with Gasteiger partial charge in [0.25, 0.3) is 0 Å².